The topological polar surface area (TPSA) is 22.2 Å². The Balaban J connectivity index is 1.06. The van der Waals surface area contributed by atoms with Crippen LogP contribution >= 0.6 is 11.3 Å². The predicted molar refractivity (Wildman–Crippen MR) is 260 cm³/mol. The lowest BCUT2D eigenvalue weighted by Crippen LogP contribution is -2.28. The summed E-state index contributed by atoms with van der Waals surface area (Å²) >= 11 is 1.88. The second-order valence-corrected chi connectivity index (χ2v) is 17.7. The fourth-order valence-electron chi connectivity index (χ4n) is 10.9. The third-order valence-electron chi connectivity index (χ3n) is 13.5. The summed E-state index contributed by atoms with van der Waals surface area (Å²) in [5, 5.41) is 6.32. The minimum Gasteiger partial charge on any atom is -0.309 e. The van der Waals surface area contributed by atoms with Crippen LogP contribution in [-0.2, 0) is 5.41 Å². The van der Waals surface area contributed by atoms with Crippen LogP contribution in [0, 0.1) is 0 Å². The Bertz CT molecular complexity index is 3930. The number of benzene rings is 9. The highest BCUT2D eigenvalue weighted by atomic mass is 32.1. The molecule has 0 bridgehead atoms. The molecule has 13 aromatic rings. The molecular weight excluding hydrogens is 771 g/mol. The molecule has 0 saturated carbocycles. The van der Waals surface area contributed by atoms with E-state index in [1.165, 1.54) is 86.3 Å². The van der Waals surface area contributed by atoms with Crippen molar-refractivity contribution in [3.8, 4) is 28.1 Å². The number of hydrogen-bond acceptors (Lipinski definition) is 2. The van der Waals surface area contributed by atoms with E-state index in [0.717, 1.165) is 33.5 Å². The number of fused-ring (bicyclic) bond motifs is 14. The first-order valence-corrected chi connectivity index (χ1v) is 22.1. The molecule has 3 nitrogen and oxygen atoms in total. The molecule has 1 aliphatic rings. The molecule has 4 heterocycles. The maximum absolute atomic E-state index is 5.32. The average molecular weight is 806 g/mol. The molecule has 62 heavy (non-hydrogen) atoms. The summed E-state index contributed by atoms with van der Waals surface area (Å²) in [5.74, 6) is 0. The van der Waals surface area contributed by atoms with Gasteiger partial charge in [-0.2, -0.15) is 0 Å². The number of hydrogen-bond donors (Lipinski definition) is 0. The number of nitrogens with zero attached hydrogens (tertiary/aromatic N) is 3. The van der Waals surface area contributed by atoms with Gasteiger partial charge in [0.05, 0.1) is 44.2 Å². The largest absolute Gasteiger partial charge is 0.309 e. The quantitative estimate of drug-likeness (QED) is 0.174. The average Bonchev–Trinajstić information content (AvgIpc) is 4.07. The molecule has 1 aliphatic carbocycles. The number of rotatable bonds is 4. The van der Waals surface area contributed by atoms with Crippen LogP contribution in [0.25, 0.3) is 97.5 Å². The lowest BCUT2D eigenvalue weighted by molar-refractivity contribution is 0.769. The smallest absolute Gasteiger partial charge is 0.0950 e. The van der Waals surface area contributed by atoms with Gasteiger partial charge in [0.1, 0.15) is 0 Å². The highest BCUT2D eigenvalue weighted by Crippen LogP contribution is 2.57. The van der Waals surface area contributed by atoms with Crippen molar-refractivity contribution >= 4 is 80.8 Å². The normalized spacial score (nSPS) is 13.3. The molecule has 4 aromatic heterocycles. The first-order chi connectivity index (χ1) is 30.7. The van der Waals surface area contributed by atoms with E-state index in [1.807, 2.05) is 11.3 Å². The van der Waals surface area contributed by atoms with E-state index < -0.39 is 5.41 Å². The number of aromatic nitrogens is 3. The van der Waals surface area contributed by atoms with Gasteiger partial charge in [0.15, 0.2) is 0 Å². The molecule has 0 spiro atoms. The molecule has 0 aliphatic heterocycles. The Morgan fingerprint density at radius 1 is 0.403 bits per heavy atom. The third-order valence-corrected chi connectivity index (χ3v) is 14.7. The summed E-state index contributed by atoms with van der Waals surface area (Å²) in [6.07, 6.45) is 0. The van der Waals surface area contributed by atoms with Crippen molar-refractivity contribution in [1.29, 1.82) is 0 Å². The zero-order valence-electron chi connectivity index (χ0n) is 33.5. The highest BCUT2D eigenvalue weighted by molar-refractivity contribution is 7.25. The fraction of sp³-hybridized carbons (Fsp3) is 0.0172. The molecule has 0 unspecified atom stereocenters. The zero-order valence-corrected chi connectivity index (χ0v) is 34.3. The summed E-state index contributed by atoms with van der Waals surface area (Å²) < 4.78 is 7.49. The van der Waals surface area contributed by atoms with Crippen LogP contribution in [0.15, 0.2) is 212 Å². The second kappa shape index (κ2) is 12.6. The SMILES string of the molecule is c1ccc(C2(c3ccccc3)c3ccccc3-c3cc4c(cc32)c2cc3sc5ccccc5c3cc2n4-c2ccc(-c3nc4ccccc4n4c3cc3ccccc34)cc2)cc1. The monoisotopic (exact) mass is 805 g/mol. The van der Waals surface area contributed by atoms with Crippen molar-refractivity contribution in [2.75, 3.05) is 0 Å². The maximum atomic E-state index is 5.32. The molecule has 4 heteroatoms. The van der Waals surface area contributed by atoms with Crippen molar-refractivity contribution in [2.45, 2.75) is 5.41 Å². The van der Waals surface area contributed by atoms with Crippen molar-refractivity contribution in [1.82, 2.24) is 14.0 Å². The minimum atomic E-state index is -0.484. The molecule has 14 rings (SSSR count). The van der Waals surface area contributed by atoms with Crippen LogP contribution in [0.1, 0.15) is 22.3 Å². The lowest BCUT2D eigenvalue weighted by Gasteiger charge is -2.33. The van der Waals surface area contributed by atoms with Crippen LogP contribution in [0.4, 0.5) is 0 Å². The molecule has 0 fully saturated rings. The lowest BCUT2D eigenvalue weighted by atomic mass is 9.67. The summed E-state index contributed by atoms with van der Waals surface area (Å²) in [6.45, 7) is 0. The standard InChI is InChI=1S/C58H35N3S/c1-3-16-38(17-4-1)58(39-18-5-2-6-19-39)47-22-10-8-20-41(47)43-33-52-44(32-48(43)58)45-35-56-46(42-21-9-14-26-55(42)62-56)34-53(45)60(52)40-29-27-36(28-30-40)57-54-31-37-15-7-12-24-50(37)61(54)51-25-13-11-23-49(51)59-57/h1-35H. The van der Waals surface area contributed by atoms with E-state index in [1.54, 1.807) is 0 Å². The molecule has 0 radical (unpaired) electrons. The number of thiophene rings is 1. The molecule has 0 atom stereocenters. The first kappa shape index (κ1) is 34.0. The minimum absolute atomic E-state index is 0.484. The van der Waals surface area contributed by atoms with Gasteiger partial charge in [0.2, 0.25) is 0 Å². The van der Waals surface area contributed by atoms with E-state index in [4.69, 9.17) is 4.98 Å². The van der Waals surface area contributed by atoms with Crippen LogP contribution < -0.4 is 0 Å². The summed E-state index contributed by atoms with van der Waals surface area (Å²) in [5.41, 5.74) is 17.2. The van der Waals surface area contributed by atoms with Crippen LogP contribution in [0.5, 0.6) is 0 Å². The van der Waals surface area contributed by atoms with Gasteiger partial charge in [0, 0.05) is 47.6 Å². The predicted octanol–water partition coefficient (Wildman–Crippen LogP) is 15.1. The summed E-state index contributed by atoms with van der Waals surface area (Å²) in [6, 6.07) is 78.5. The Hall–Kier alpha value is -7.79. The van der Waals surface area contributed by atoms with Crippen LogP contribution in [0.3, 0.4) is 0 Å². The molecular formula is C58H35N3S. The number of para-hydroxylation sites is 3. The van der Waals surface area contributed by atoms with Crippen molar-refractivity contribution < 1.29 is 0 Å². The third kappa shape index (κ3) is 4.51. The van der Waals surface area contributed by atoms with Gasteiger partial charge < -0.3 is 8.97 Å². The van der Waals surface area contributed by atoms with Crippen molar-refractivity contribution in [2.24, 2.45) is 0 Å². The van der Waals surface area contributed by atoms with Crippen LogP contribution in [-0.4, -0.2) is 14.0 Å². The van der Waals surface area contributed by atoms with Gasteiger partial charge in [-0.3, -0.25) is 0 Å². The maximum Gasteiger partial charge on any atom is 0.0950 e. The zero-order chi connectivity index (χ0) is 40.5. The Morgan fingerprint density at radius 2 is 1.06 bits per heavy atom. The molecule has 0 saturated heterocycles. The van der Waals surface area contributed by atoms with E-state index in [-0.39, 0.29) is 0 Å². The van der Waals surface area contributed by atoms with E-state index in [9.17, 15) is 0 Å². The van der Waals surface area contributed by atoms with E-state index in [2.05, 4.69) is 221 Å². The summed E-state index contributed by atoms with van der Waals surface area (Å²) in [4.78, 5) is 5.32. The molecule has 0 amide bonds. The molecule has 288 valence electrons. The highest BCUT2D eigenvalue weighted by Gasteiger charge is 2.46. The van der Waals surface area contributed by atoms with Crippen LogP contribution in [0.2, 0.25) is 0 Å². The van der Waals surface area contributed by atoms with Gasteiger partial charge in [-0.1, -0.05) is 146 Å². The van der Waals surface area contributed by atoms with E-state index in [0.29, 0.717) is 0 Å². The Labute approximate surface area is 361 Å². The van der Waals surface area contributed by atoms with Gasteiger partial charge in [0.25, 0.3) is 0 Å². The second-order valence-electron chi connectivity index (χ2n) is 16.7. The first-order valence-electron chi connectivity index (χ1n) is 21.3. The van der Waals surface area contributed by atoms with Crippen molar-refractivity contribution in [3.05, 3.63) is 235 Å². The Morgan fingerprint density at radius 3 is 1.89 bits per heavy atom. The van der Waals surface area contributed by atoms with E-state index >= 15 is 0 Å². The van der Waals surface area contributed by atoms with Crippen molar-refractivity contribution in [3.63, 3.8) is 0 Å². The fourth-order valence-corrected chi connectivity index (χ4v) is 12.1. The van der Waals surface area contributed by atoms with Gasteiger partial charge in [-0.25, -0.2) is 4.98 Å². The Kier molecular flexibility index (Phi) is 6.92. The van der Waals surface area contributed by atoms with Gasteiger partial charge in [-0.05, 0) is 100 Å². The molecule has 0 N–H and O–H groups in total. The van der Waals surface area contributed by atoms with Gasteiger partial charge in [-0.15, -0.1) is 11.3 Å². The van der Waals surface area contributed by atoms with Gasteiger partial charge >= 0.3 is 0 Å². The molecule has 9 aromatic carbocycles. The summed E-state index contributed by atoms with van der Waals surface area (Å²) in [7, 11) is 0.